The summed E-state index contributed by atoms with van der Waals surface area (Å²) in [6.45, 7) is 3.95. The molecule has 0 saturated carbocycles. The molecule has 0 radical (unpaired) electrons. The lowest BCUT2D eigenvalue weighted by Gasteiger charge is -2.29. The van der Waals surface area contributed by atoms with Crippen molar-refractivity contribution in [2.75, 3.05) is 50.7 Å². The van der Waals surface area contributed by atoms with Crippen LogP contribution in [-0.2, 0) is 14.4 Å². The molecule has 0 aliphatic carbocycles. The van der Waals surface area contributed by atoms with Crippen molar-refractivity contribution in [2.24, 2.45) is 0 Å². The molecule has 1 atom stereocenters. The maximum Gasteiger partial charge on any atom is 0.246 e. The zero-order valence-electron chi connectivity index (χ0n) is 15.5. The van der Waals surface area contributed by atoms with E-state index in [-0.39, 0.29) is 30.2 Å². The van der Waals surface area contributed by atoms with Gasteiger partial charge in [0.05, 0.1) is 6.54 Å². The van der Waals surface area contributed by atoms with Crippen LogP contribution in [0.3, 0.4) is 0 Å². The molecule has 1 aromatic carbocycles. The van der Waals surface area contributed by atoms with Gasteiger partial charge in [-0.3, -0.25) is 14.4 Å². The van der Waals surface area contributed by atoms with Gasteiger partial charge in [-0.1, -0.05) is 18.2 Å². The molecule has 3 aliphatic rings. The average molecular weight is 370 g/mol. The van der Waals surface area contributed by atoms with Crippen molar-refractivity contribution in [1.82, 2.24) is 15.1 Å². The Morgan fingerprint density at radius 2 is 1.96 bits per heavy atom. The molecule has 1 aromatic rings. The summed E-state index contributed by atoms with van der Waals surface area (Å²) in [5.74, 6) is 0.423. The minimum Gasteiger partial charge on any atom is -0.343 e. The van der Waals surface area contributed by atoms with Crippen LogP contribution in [0.2, 0.25) is 0 Å². The van der Waals surface area contributed by atoms with E-state index in [9.17, 15) is 14.4 Å². The molecule has 0 spiro atoms. The Bertz CT molecular complexity index is 750. The van der Waals surface area contributed by atoms with Crippen molar-refractivity contribution in [3.63, 3.8) is 0 Å². The summed E-state index contributed by atoms with van der Waals surface area (Å²) in [5.41, 5.74) is 2.12. The topological polar surface area (TPSA) is 73.0 Å². The van der Waals surface area contributed by atoms with Gasteiger partial charge < -0.3 is 20.0 Å². The van der Waals surface area contributed by atoms with Crippen molar-refractivity contribution < 1.29 is 14.4 Å². The van der Waals surface area contributed by atoms with E-state index in [4.69, 9.17) is 0 Å². The number of para-hydroxylation sites is 1. The molecule has 144 valence electrons. The second-order valence-electron chi connectivity index (χ2n) is 7.53. The van der Waals surface area contributed by atoms with Gasteiger partial charge in [0, 0.05) is 50.7 Å². The van der Waals surface area contributed by atoms with Crippen molar-refractivity contribution in [2.45, 2.75) is 25.2 Å². The number of fused-ring (bicyclic) bond motifs is 1. The van der Waals surface area contributed by atoms with Crippen LogP contribution in [0.5, 0.6) is 0 Å². The first-order valence-corrected chi connectivity index (χ1v) is 9.79. The minimum atomic E-state index is -0.0301. The Kier molecular flexibility index (Phi) is 5.11. The van der Waals surface area contributed by atoms with Crippen LogP contribution in [0.4, 0.5) is 5.69 Å². The van der Waals surface area contributed by atoms with E-state index in [1.165, 1.54) is 5.56 Å². The number of piperazine rings is 1. The number of anilines is 1. The van der Waals surface area contributed by atoms with Crippen LogP contribution < -0.4 is 10.2 Å². The second kappa shape index (κ2) is 7.68. The maximum absolute atomic E-state index is 12.9. The zero-order valence-corrected chi connectivity index (χ0v) is 15.5. The number of likely N-dealkylation sites (tertiary alicyclic amines) is 1. The quantitative estimate of drug-likeness (QED) is 0.822. The predicted molar refractivity (Wildman–Crippen MR) is 101 cm³/mol. The highest BCUT2D eigenvalue weighted by Crippen LogP contribution is 2.38. The van der Waals surface area contributed by atoms with Crippen LogP contribution in [0.25, 0.3) is 0 Å². The lowest BCUT2D eigenvalue weighted by molar-refractivity contribution is -0.135. The number of hydrogen-bond acceptors (Lipinski definition) is 4. The molecule has 0 aromatic heterocycles. The Hall–Kier alpha value is -2.41. The highest BCUT2D eigenvalue weighted by Gasteiger charge is 2.34. The van der Waals surface area contributed by atoms with Crippen molar-refractivity contribution in [1.29, 1.82) is 0 Å². The molecule has 4 rings (SSSR count). The molecular formula is C20H26N4O3. The largest absolute Gasteiger partial charge is 0.343 e. The van der Waals surface area contributed by atoms with Crippen LogP contribution >= 0.6 is 0 Å². The van der Waals surface area contributed by atoms with Crippen LogP contribution in [0.1, 0.15) is 30.7 Å². The minimum absolute atomic E-state index is 0.0221. The van der Waals surface area contributed by atoms with Gasteiger partial charge >= 0.3 is 0 Å². The van der Waals surface area contributed by atoms with Crippen LogP contribution in [-0.4, -0.2) is 73.3 Å². The number of carbonyl (C=O) groups is 3. The van der Waals surface area contributed by atoms with Gasteiger partial charge in [0.2, 0.25) is 17.7 Å². The fraction of sp³-hybridized carbons (Fsp3) is 0.550. The Morgan fingerprint density at radius 3 is 2.74 bits per heavy atom. The van der Waals surface area contributed by atoms with Gasteiger partial charge in [-0.05, 0) is 24.5 Å². The lowest BCUT2D eigenvalue weighted by Crippen LogP contribution is -2.51. The summed E-state index contributed by atoms with van der Waals surface area (Å²) in [6, 6.07) is 8.00. The third-order valence-electron chi connectivity index (χ3n) is 5.80. The van der Waals surface area contributed by atoms with Gasteiger partial charge in [0.15, 0.2) is 0 Å². The summed E-state index contributed by atoms with van der Waals surface area (Å²) in [4.78, 5) is 42.2. The summed E-state index contributed by atoms with van der Waals surface area (Å²) in [7, 11) is 0. The molecule has 27 heavy (non-hydrogen) atoms. The molecule has 2 saturated heterocycles. The van der Waals surface area contributed by atoms with E-state index in [0.29, 0.717) is 26.1 Å². The van der Waals surface area contributed by atoms with Gasteiger partial charge in [-0.2, -0.15) is 0 Å². The number of carbonyl (C=O) groups excluding carboxylic acids is 3. The number of nitrogens with zero attached hydrogens (tertiary/aromatic N) is 3. The van der Waals surface area contributed by atoms with E-state index < -0.39 is 0 Å². The van der Waals surface area contributed by atoms with Gasteiger partial charge in [-0.25, -0.2) is 0 Å². The fourth-order valence-electron chi connectivity index (χ4n) is 4.29. The molecule has 1 N–H and O–H groups in total. The first kappa shape index (κ1) is 18.0. The highest BCUT2D eigenvalue weighted by atomic mass is 16.2. The smallest absolute Gasteiger partial charge is 0.246 e. The average Bonchev–Trinajstić information content (AvgIpc) is 3.25. The number of amides is 3. The number of rotatable bonds is 5. The summed E-state index contributed by atoms with van der Waals surface area (Å²) in [6.07, 6.45) is 2.47. The predicted octanol–water partition coefficient (Wildman–Crippen LogP) is 0.561. The van der Waals surface area contributed by atoms with E-state index in [1.807, 2.05) is 28.0 Å². The molecule has 3 heterocycles. The standard InChI is InChI=1S/C20H26N4O3/c25-18-6-3-9-22(18)10-7-15-13-24(17-5-2-1-4-16(15)17)20(27)14-23-11-8-21-12-19(23)26/h1-2,4-5,15,21H,3,6-14H2/t15-/m1/s1. The summed E-state index contributed by atoms with van der Waals surface area (Å²) < 4.78 is 0. The Labute approximate surface area is 159 Å². The number of hydrogen-bond donors (Lipinski definition) is 1. The summed E-state index contributed by atoms with van der Waals surface area (Å²) >= 11 is 0. The van der Waals surface area contributed by atoms with Gasteiger partial charge in [-0.15, -0.1) is 0 Å². The molecule has 7 nitrogen and oxygen atoms in total. The van der Waals surface area contributed by atoms with E-state index in [1.54, 1.807) is 4.90 Å². The molecular weight excluding hydrogens is 344 g/mol. The van der Waals surface area contributed by atoms with Crippen molar-refractivity contribution in [3.8, 4) is 0 Å². The van der Waals surface area contributed by atoms with E-state index in [0.717, 1.165) is 38.2 Å². The lowest BCUT2D eigenvalue weighted by atomic mass is 9.98. The fourth-order valence-corrected chi connectivity index (χ4v) is 4.29. The molecule has 3 amide bonds. The SMILES string of the molecule is O=C1CCCN1CC[C@@H]1CN(C(=O)CN2CCNCC2=O)c2ccccc21. The van der Waals surface area contributed by atoms with Crippen molar-refractivity contribution >= 4 is 23.4 Å². The van der Waals surface area contributed by atoms with Crippen molar-refractivity contribution in [3.05, 3.63) is 29.8 Å². The Morgan fingerprint density at radius 1 is 1.11 bits per heavy atom. The molecule has 2 fully saturated rings. The number of benzene rings is 1. The summed E-state index contributed by atoms with van der Waals surface area (Å²) in [5, 5.41) is 3.03. The molecule has 3 aliphatic heterocycles. The Balaban J connectivity index is 1.43. The third kappa shape index (κ3) is 3.69. The molecule has 0 unspecified atom stereocenters. The first-order chi connectivity index (χ1) is 13.1. The monoisotopic (exact) mass is 370 g/mol. The van der Waals surface area contributed by atoms with Crippen LogP contribution in [0.15, 0.2) is 24.3 Å². The normalized spacial score (nSPS) is 22.5. The molecule has 0 bridgehead atoms. The first-order valence-electron chi connectivity index (χ1n) is 9.79. The zero-order chi connectivity index (χ0) is 18.8. The van der Waals surface area contributed by atoms with Gasteiger partial charge in [0.1, 0.15) is 6.54 Å². The maximum atomic E-state index is 12.9. The van der Waals surface area contributed by atoms with E-state index in [2.05, 4.69) is 11.4 Å². The van der Waals surface area contributed by atoms with Crippen LogP contribution in [0, 0.1) is 0 Å². The highest BCUT2D eigenvalue weighted by molar-refractivity contribution is 5.99. The van der Waals surface area contributed by atoms with E-state index >= 15 is 0 Å². The second-order valence-corrected chi connectivity index (χ2v) is 7.53. The number of nitrogens with one attached hydrogen (secondary N) is 1. The molecule has 7 heteroatoms. The third-order valence-corrected chi connectivity index (χ3v) is 5.80. The van der Waals surface area contributed by atoms with Gasteiger partial charge in [0.25, 0.3) is 0 Å².